The lowest BCUT2D eigenvalue weighted by Crippen LogP contribution is -2.08. The van der Waals surface area contributed by atoms with Crippen molar-refractivity contribution in [3.63, 3.8) is 0 Å². The zero-order valence-electron chi connectivity index (χ0n) is 12.2. The van der Waals surface area contributed by atoms with Crippen LogP contribution in [0.2, 0.25) is 0 Å². The van der Waals surface area contributed by atoms with Crippen LogP contribution in [0.1, 0.15) is 12.7 Å². The van der Waals surface area contributed by atoms with E-state index in [1.165, 1.54) is 12.1 Å². The molecule has 0 radical (unpaired) electrons. The Hall–Kier alpha value is -2.89. The molecule has 1 heterocycles. The normalized spacial score (nSPS) is 10.8. The molecule has 0 amide bonds. The van der Waals surface area contributed by atoms with Gasteiger partial charge in [0.05, 0.1) is 22.5 Å². The molecule has 3 aromatic rings. The number of nitrogens with zero attached hydrogens (tertiary/aromatic N) is 3. The maximum absolute atomic E-state index is 10.8. The van der Waals surface area contributed by atoms with Gasteiger partial charge in [0.1, 0.15) is 5.82 Å². The van der Waals surface area contributed by atoms with Gasteiger partial charge in [-0.05, 0) is 25.1 Å². The van der Waals surface area contributed by atoms with Crippen molar-refractivity contribution in [3.05, 3.63) is 64.5 Å². The van der Waals surface area contributed by atoms with Crippen molar-refractivity contribution in [2.24, 2.45) is 0 Å². The molecule has 6 heteroatoms. The predicted molar refractivity (Wildman–Crippen MR) is 85.8 cm³/mol. The van der Waals surface area contributed by atoms with Gasteiger partial charge in [0.2, 0.25) is 0 Å². The summed E-state index contributed by atoms with van der Waals surface area (Å²) in [7, 11) is 0. The Kier molecular flexibility index (Phi) is 3.74. The fourth-order valence-electron chi connectivity index (χ4n) is 2.52. The number of para-hydroxylation sites is 2. The van der Waals surface area contributed by atoms with E-state index in [4.69, 9.17) is 0 Å². The Morgan fingerprint density at radius 2 is 2.05 bits per heavy atom. The number of hydrogen-bond donors (Lipinski definition) is 1. The van der Waals surface area contributed by atoms with Crippen molar-refractivity contribution in [1.29, 1.82) is 0 Å². The van der Waals surface area contributed by atoms with Crippen molar-refractivity contribution in [1.82, 2.24) is 9.55 Å². The molecule has 0 atom stereocenters. The van der Waals surface area contributed by atoms with Crippen LogP contribution in [0.3, 0.4) is 0 Å². The molecule has 22 heavy (non-hydrogen) atoms. The number of aryl methyl sites for hydroxylation is 1. The molecule has 0 aliphatic rings. The lowest BCUT2D eigenvalue weighted by molar-refractivity contribution is -0.384. The number of nitro groups is 1. The molecule has 2 aromatic carbocycles. The molecular weight excluding hydrogens is 280 g/mol. The average Bonchev–Trinajstić information content (AvgIpc) is 2.90. The third kappa shape index (κ3) is 2.63. The van der Waals surface area contributed by atoms with Crippen molar-refractivity contribution < 1.29 is 4.92 Å². The van der Waals surface area contributed by atoms with Crippen LogP contribution >= 0.6 is 0 Å². The van der Waals surface area contributed by atoms with Crippen LogP contribution < -0.4 is 5.32 Å². The Morgan fingerprint density at radius 3 is 2.82 bits per heavy atom. The van der Waals surface area contributed by atoms with Gasteiger partial charge in [0, 0.05) is 24.4 Å². The van der Waals surface area contributed by atoms with E-state index in [0.717, 1.165) is 23.4 Å². The van der Waals surface area contributed by atoms with Crippen LogP contribution in [0.5, 0.6) is 0 Å². The highest BCUT2D eigenvalue weighted by Crippen LogP contribution is 2.19. The number of anilines is 1. The van der Waals surface area contributed by atoms with Gasteiger partial charge in [0.15, 0.2) is 0 Å². The summed E-state index contributed by atoms with van der Waals surface area (Å²) in [5.74, 6) is 0.912. The molecule has 0 unspecified atom stereocenters. The van der Waals surface area contributed by atoms with E-state index >= 15 is 0 Å². The molecule has 0 fully saturated rings. The van der Waals surface area contributed by atoms with Gasteiger partial charge < -0.3 is 9.88 Å². The highest BCUT2D eigenvalue weighted by molar-refractivity contribution is 5.76. The molecular formula is C16H16N4O2. The van der Waals surface area contributed by atoms with Gasteiger partial charge in [-0.25, -0.2) is 4.98 Å². The van der Waals surface area contributed by atoms with Gasteiger partial charge in [-0.2, -0.15) is 0 Å². The Balaban J connectivity index is 1.85. The van der Waals surface area contributed by atoms with Crippen molar-refractivity contribution >= 4 is 22.4 Å². The smallest absolute Gasteiger partial charge is 0.271 e. The van der Waals surface area contributed by atoms with Crippen LogP contribution in [0, 0.1) is 10.1 Å². The van der Waals surface area contributed by atoms with Crippen LogP contribution in [0.15, 0.2) is 48.5 Å². The Bertz CT molecular complexity index is 826. The zero-order valence-corrected chi connectivity index (χ0v) is 12.2. The van der Waals surface area contributed by atoms with Gasteiger partial charge in [-0.1, -0.05) is 18.2 Å². The molecule has 1 N–H and O–H groups in total. The number of nitro benzene ring substituents is 1. The number of hydrogen-bond acceptors (Lipinski definition) is 4. The van der Waals surface area contributed by atoms with Crippen LogP contribution in [0.25, 0.3) is 11.0 Å². The van der Waals surface area contributed by atoms with E-state index in [1.807, 2.05) is 30.3 Å². The van der Waals surface area contributed by atoms with E-state index < -0.39 is 4.92 Å². The molecule has 0 bridgehead atoms. The minimum absolute atomic E-state index is 0.0778. The molecule has 112 valence electrons. The van der Waals surface area contributed by atoms with Gasteiger partial charge in [0.25, 0.3) is 5.69 Å². The molecule has 3 rings (SSSR count). The fourth-order valence-corrected chi connectivity index (χ4v) is 2.52. The monoisotopic (exact) mass is 296 g/mol. The molecule has 0 spiro atoms. The number of aromatic nitrogens is 2. The van der Waals surface area contributed by atoms with E-state index in [-0.39, 0.29) is 5.69 Å². The van der Waals surface area contributed by atoms with Gasteiger partial charge in [-0.3, -0.25) is 10.1 Å². The minimum atomic E-state index is -0.396. The third-order valence-electron chi connectivity index (χ3n) is 3.56. The number of non-ortho nitro benzene ring substituents is 1. The number of benzene rings is 2. The summed E-state index contributed by atoms with van der Waals surface area (Å²) in [4.78, 5) is 15.0. The molecule has 0 aliphatic carbocycles. The second kappa shape index (κ2) is 5.85. The summed E-state index contributed by atoms with van der Waals surface area (Å²) >= 11 is 0. The second-order valence-corrected chi connectivity index (χ2v) is 4.92. The Morgan fingerprint density at radius 1 is 1.23 bits per heavy atom. The molecule has 0 saturated carbocycles. The van der Waals surface area contributed by atoms with Crippen molar-refractivity contribution in [2.75, 3.05) is 5.32 Å². The topological polar surface area (TPSA) is 73.0 Å². The lowest BCUT2D eigenvalue weighted by Gasteiger charge is -2.08. The zero-order chi connectivity index (χ0) is 15.5. The molecule has 0 saturated heterocycles. The average molecular weight is 296 g/mol. The summed E-state index contributed by atoms with van der Waals surface area (Å²) in [6, 6.07) is 14.5. The number of imidazole rings is 1. The molecule has 6 nitrogen and oxygen atoms in total. The van der Waals surface area contributed by atoms with Gasteiger partial charge in [-0.15, -0.1) is 0 Å². The van der Waals surface area contributed by atoms with Crippen molar-refractivity contribution in [2.45, 2.75) is 20.0 Å². The standard InChI is InChI=1S/C16H16N4O2/c1-2-19-15-9-4-3-8-14(15)18-16(19)11-17-12-6-5-7-13(10-12)20(21)22/h3-10,17H,2,11H2,1H3. The number of fused-ring (bicyclic) bond motifs is 1. The first-order chi connectivity index (χ1) is 10.7. The number of nitrogens with one attached hydrogen (secondary N) is 1. The third-order valence-corrected chi connectivity index (χ3v) is 3.56. The Labute approximate surface area is 127 Å². The minimum Gasteiger partial charge on any atom is -0.378 e. The lowest BCUT2D eigenvalue weighted by atomic mass is 10.3. The largest absolute Gasteiger partial charge is 0.378 e. The first-order valence-electron chi connectivity index (χ1n) is 7.11. The number of rotatable bonds is 5. The maximum atomic E-state index is 10.8. The highest BCUT2D eigenvalue weighted by Gasteiger charge is 2.10. The quantitative estimate of drug-likeness (QED) is 0.577. The summed E-state index contributed by atoms with van der Waals surface area (Å²) in [5, 5.41) is 14.0. The fraction of sp³-hybridized carbons (Fsp3) is 0.188. The summed E-state index contributed by atoms with van der Waals surface area (Å²) in [6.45, 7) is 3.42. The van der Waals surface area contributed by atoms with E-state index in [9.17, 15) is 10.1 Å². The van der Waals surface area contributed by atoms with Crippen LogP contribution in [-0.2, 0) is 13.1 Å². The van der Waals surface area contributed by atoms with Crippen molar-refractivity contribution in [3.8, 4) is 0 Å². The summed E-state index contributed by atoms with van der Waals surface area (Å²) < 4.78 is 2.14. The van der Waals surface area contributed by atoms with Gasteiger partial charge >= 0.3 is 0 Å². The highest BCUT2D eigenvalue weighted by atomic mass is 16.6. The molecule has 1 aromatic heterocycles. The molecule has 0 aliphatic heterocycles. The van der Waals surface area contributed by atoms with E-state index in [1.54, 1.807) is 6.07 Å². The second-order valence-electron chi connectivity index (χ2n) is 4.92. The predicted octanol–water partition coefficient (Wildman–Crippen LogP) is 3.58. The summed E-state index contributed by atoms with van der Waals surface area (Å²) in [5.41, 5.74) is 2.85. The van der Waals surface area contributed by atoms with Crippen LogP contribution in [-0.4, -0.2) is 14.5 Å². The van der Waals surface area contributed by atoms with E-state index in [0.29, 0.717) is 12.2 Å². The maximum Gasteiger partial charge on any atom is 0.271 e. The first kappa shape index (κ1) is 14.1. The SMILES string of the molecule is CCn1c(CNc2cccc([N+](=O)[O-])c2)nc2ccccc21. The van der Waals surface area contributed by atoms with E-state index in [2.05, 4.69) is 21.8 Å². The van der Waals surface area contributed by atoms with Crippen LogP contribution in [0.4, 0.5) is 11.4 Å². The first-order valence-corrected chi connectivity index (χ1v) is 7.11. The summed E-state index contributed by atoms with van der Waals surface area (Å²) in [6.07, 6.45) is 0.